The number of imide groups is 1. The van der Waals surface area contributed by atoms with Crippen molar-refractivity contribution in [2.45, 2.75) is 32.7 Å². The average Bonchev–Trinajstić information content (AvgIpc) is 3.45. The molecule has 0 fully saturated rings. The highest BCUT2D eigenvalue weighted by Gasteiger charge is 2.39. The Kier molecular flexibility index (Phi) is 5.95. The summed E-state index contributed by atoms with van der Waals surface area (Å²) in [6.45, 7) is 7.13. The van der Waals surface area contributed by atoms with Gasteiger partial charge in [-0.15, -0.1) is 0 Å². The number of H-pyrrole nitrogens is 1. The number of nitrogens with zero attached hydrogens (tertiary/aromatic N) is 3. The molecule has 37 heavy (non-hydrogen) atoms. The van der Waals surface area contributed by atoms with E-state index in [-0.39, 0.29) is 29.7 Å². The zero-order valence-electron chi connectivity index (χ0n) is 21.4. The highest BCUT2D eigenvalue weighted by Crippen LogP contribution is 2.41. The summed E-state index contributed by atoms with van der Waals surface area (Å²) < 4.78 is 0. The molecule has 3 aliphatic rings. The third-order valence-corrected chi connectivity index (χ3v) is 8.22. The van der Waals surface area contributed by atoms with Crippen molar-refractivity contribution in [2.24, 2.45) is 5.92 Å². The molecule has 7 heteroatoms. The molecule has 7 nitrogen and oxygen atoms in total. The molecule has 190 valence electrons. The smallest absolute Gasteiger partial charge is 0.261 e. The lowest BCUT2D eigenvalue weighted by atomic mass is 9.79. The second kappa shape index (κ2) is 9.30. The van der Waals surface area contributed by atoms with Crippen molar-refractivity contribution in [3.63, 3.8) is 0 Å². The van der Waals surface area contributed by atoms with Gasteiger partial charge in [-0.3, -0.25) is 24.2 Å². The van der Waals surface area contributed by atoms with Crippen molar-refractivity contribution >= 4 is 34.2 Å². The van der Waals surface area contributed by atoms with E-state index in [1.54, 1.807) is 24.3 Å². The van der Waals surface area contributed by atoms with E-state index in [1.807, 2.05) is 18.7 Å². The van der Waals surface area contributed by atoms with E-state index < -0.39 is 0 Å². The predicted octanol–water partition coefficient (Wildman–Crippen LogP) is 3.96. The Bertz CT molecular complexity index is 1400. The average molecular weight is 497 g/mol. The van der Waals surface area contributed by atoms with E-state index >= 15 is 0 Å². The van der Waals surface area contributed by atoms with Gasteiger partial charge in [0.1, 0.15) is 0 Å². The van der Waals surface area contributed by atoms with Crippen LogP contribution in [-0.4, -0.2) is 76.2 Å². The van der Waals surface area contributed by atoms with Gasteiger partial charge in [0.25, 0.3) is 11.8 Å². The molecule has 1 N–H and O–H groups in total. The molecule has 0 radical (unpaired) electrons. The van der Waals surface area contributed by atoms with Crippen molar-refractivity contribution in [3.8, 4) is 0 Å². The number of hydrogen-bond acceptors (Lipinski definition) is 4. The number of fused-ring (bicyclic) bond motifs is 3. The summed E-state index contributed by atoms with van der Waals surface area (Å²) in [5.41, 5.74) is 5.82. The fourth-order valence-electron chi connectivity index (χ4n) is 6.37. The van der Waals surface area contributed by atoms with Crippen molar-refractivity contribution in [1.29, 1.82) is 0 Å². The first-order chi connectivity index (χ1) is 18.0. The SMILES string of the molecule is CCN(CC)C(=O)[C@@H]1C=C2c3cccc4[nH]cc(c34)C[C@H]2N(CCCN2C(=O)c3ccccc3C2=O)C1. The standard InChI is InChI=1S/C30H32N4O3/c1-3-32(4-2)28(35)20-15-24-21-11-7-12-25-27(21)19(17-31-25)16-26(24)33(18-20)13-8-14-34-29(36)22-9-5-6-10-23(22)30(34)37/h5-7,9-12,15,17,20,26,31H,3-4,8,13-14,16,18H2,1-2H3/t20-,26-/m1/s1. The maximum atomic E-state index is 13.5. The number of amides is 3. The number of aromatic amines is 1. The van der Waals surface area contributed by atoms with Gasteiger partial charge in [-0.25, -0.2) is 0 Å². The van der Waals surface area contributed by atoms with Gasteiger partial charge in [0.15, 0.2) is 0 Å². The number of carbonyl (C=O) groups is 3. The summed E-state index contributed by atoms with van der Waals surface area (Å²) >= 11 is 0. The van der Waals surface area contributed by atoms with Gasteiger partial charge in [-0.05, 0) is 61.6 Å². The van der Waals surface area contributed by atoms with E-state index in [4.69, 9.17) is 0 Å². The zero-order chi connectivity index (χ0) is 25.7. The summed E-state index contributed by atoms with van der Waals surface area (Å²) in [5, 5.41) is 1.26. The largest absolute Gasteiger partial charge is 0.361 e. The molecule has 1 aliphatic carbocycles. The molecule has 0 unspecified atom stereocenters. The second-order valence-electron chi connectivity index (χ2n) is 10.2. The minimum Gasteiger partial charge on any atom is -0.361 e. The van der Waals surface area contributed by atoms with Crippen LogP contribution in [0.25, 0.3) is 16.5 Å². The van der Waals surface area contributed by atoms with Crippen molar-refractivity contribution < 1.29 is 14.4 Å². The Hall–Kier alpha value is -3.71. The van der Waals surface area contributed by atoms with Crippen LogP contribution in [0.3, 0.4) is 0 Å². The summed E-state index contributed by atoms with van der Waals surface area (Å²) in [5.74, 6) is -0.485. The lowest BCUT2D eigenvalue weighted by Gasteiger charge is -2.42. The van der Waals surface area contributed by atoms with Gasteiger partial charge >= 0.3 is 0 Å². The molecule has 2 atom stereocenters. The Morgan fingerprint density at radius 2 is 1.68 bits per heavy atom. The monoisotopic (exact) mass is 496 g/mol. The highest BCUT2D eigenvalue weighted by molar-refractivity contribution is 6.21. The van der Waals surface area contributed by atoms with Crippen molar-refractivity contribution in [1.82, 2.24) is 19.7 Å². The van der Waals surface area contributed by atoms with Crippen molar-refractivity contribution in [2.75, 3.05) is 32.7 Å². The van der Waals surface area contributed by atoms with E-state index in [2.05, 4.69) is 40.4 Å². The number of rotatable bonds is 7. The third-order valence-electron chi connectivity index (χ3n) is 8.22. The van der Waals surface area contributed by atoms with Crippen LogP contribution in [0.15, 0.2) is 54.7 Å². The summed E-state index contributed by atoms with van der Waals surface area (Å²) in [4.78, 5) is 48.2. The molecule has 1 aromatic heterocycles. The topological polar surface area (TPSA) is 76.7 Å². The highest BCUT2D eigenvalue weighted by atomic mass is 16.2. The van der Waals surface area contributed by atoms with Crippen LogP contribution in [0, 0.1) is 5.92 Å². The molecule has 3 amide bonds. The second-order valence-corrected chi connectivity index (χ2v) is 10.2. The Morgan fingerprint density at radius 3 is 2.38 bits per heavy atom. The molecule has 0 saturated heterocycles. The van der Waals surface area contributed by atoms with Crippen LogP contribution in [-0.2, 0) is 11.2 Å². The van der Waals surface area contributed by atoms with E-state index in [9.17, 15) is 14.4 Å². The number of nitrogens with one attached hydrogen (secondary N) is 1. The lowest BCUT2D eigenvalue weighted by molar-refractivity contribution is -0.134. The Balaban J connectivity index is 1.26. The normalized spacial score (nSPS) is 20.7. The lowest BCUT2D eigenvalue weighted by Crippen LogP contribution is -2.50. The van der Waals surface area contributed by atoms with Crippen LogP contribution in [0.2, 0.25) is 0 Å². The molecular weight excluding hydrogens is 464 g/mol. The first-order valence-corrected chi connectivity index (χ1v) is 13.3. The van der Waals surface area contributed by atoms with Gasteiger partial charge in [0.05, 0.1) is 17.0 Å². The first kappa shape index (κ1) is 23.7. The van der Waals surface area contributed by atoms with Crippen LogP contribution < -0.4 is 0 Å². The Labute approximate surface area is 216 Å². The van der Waals surface area contributed by atoms with Crippen LogP contribution >= 0.6 is 0 Å². The minimum atomic E-state index is -0.221. The molecule has 0 spiro atoms. The van der Waals surface area contributed by atoms with Gasteiger partial charge in [0.2, 0.25) is 5.91 Å². The maximum absolute atomic E-state index is 13.5. The minimum absolute atomic E-state index is 0.160. The first-order valence-electron chi connectivity index (χ1n) is 13.3. The summed E-state index contributed by atoms with van der Waals surface area (Å²) in [6, 6.07) is 13.5. The molecule has 3 heterocycles. The molecule has 3 aromatic rings. The molecule has 6 rings (SSSR count). The third kappa shape index (κ3) is 3.80. The van der Waals surface area contributed by atoms with Gasteiger partial charge < -0.3 is 9.88 Å². The number of benzene rings is 2. The quantitative estimate of drug-likeness (QED) is 0.503. The summed E-state index contributed by atoms with van der Waals surface area (Å²) in [6.07, 6.45) is 5.85. The van der Waals surface area contributed by atoms with Gasteiger partial charge in [-0.1, -0.05) is 30.3 Å². The Morgan fingerprint density at radius 1 is 0.973 bits per heavy atom. The van der Waals surface area contributed by atoms with Gasteiger partial charge in [0, 0.05) is 55.9 Å². The van der Waals surface area contributed by atoms with E-state index in [0.29, 0.717) is 50.3 Å². The molecular formula is C30H32N4O3. The predicted molar refractivity (Wildman–Crippen MR) is 143 cm³/mol. The zero-order valence-corrected chi connectivity index (χ0v) is 21.4. The molecule has 0 saturated carbocycles. The number of aromatic nitrogens is 1. The van der Waals surface area contributed by atoms with Crippen LogP contribution in [0.4, 0.5) is 0 Å². The number of hydrogen-bond donors (Lipinski definition) is 1. The van der Waals surface area contributed by atoms with Crippen molar-refractivity contribution in [3.05, 3.63) is 77.0 Å². The molecule has 2 aromatic carbocycles. The van der Waals surface area contributed by atoms with Crippen LogP contribution in [0.1, 0.15) is 52.1 Å². The fraction of sp³-hybridized carbons (Fsp3) is 0.367. The fourth-order valence-corrected chi connectivity index (χ4v) is 6.37. The van der Waals surface area contributed by atoms with E-state index in [1.165, 1.54) is 27.0 Å². The van der Waals surface area contributed by atoms with Gasteiger partial charge in [-0.2, -0.15) is 0 Å². The molecule has 2 aliphatic heterocycles. The maximum Gasteiger partial charge on any atom is 0.261 e. The van der Waals surface area contributed by atoms with E-state index in [0.717, 1.165) is 11.9 Å². The van der Waals surface area contributed by atoms with Crippen LogP contribution in [0.5, 0.6) is 0 Å². The molecule has 0 bridgehead atoms. The number of carbonyl (C=O) groups excluding carboxylic acids is 3. The summed E-state index contributed by atoms with van der Waals surface area (Å²) in [7, 11) is 0.